The maximum absolute atomic E-state index is 5.48. The van der Waals surface area contributed by atoms with Gasteiger partial charge in [-0.25, -0.2) is 0 Å². The minimum absolute atomic E-state index is 0.543. The lowest BCUT2D eigenvalue weighted by Gasteiger charge is -2.01. The molecule has 0 unspecified atom stereocenters. The molecule has 0 spiro atoms. The van der Waals surface area contributed by atoms with Crippen molar-refractivity contribution in [1.29, 1.82) is 0 Å². The zero-order valence-electron chi connectivity index (χ0n) is 12.4. The Labute approximate surface area is 116 Å². The third kappa shape index (κ3) is 7.82. The number of unbranched alkanes of at least 4 members (excludes halogenated alkanes) is 5. The van der Waals surface area contributed by atoms with Crippen LogP contribution in [0.4, 0.5) is 6.01 Å². The van der Waals surface area contributed by atoms with Crippen LogP contribution in [0.1, 0.15) is 64.7 Å². The highest BCUT2D eigenvalue weighted by Gasteiger charge is 2.04. The molecule has 0 radical (unpaired) electrons. The standard InChI is InChI=1S/C14H28N4O/c1-3-5-6-7-8-9-11-16-14-18-17-13(19-14)12-15-10-4-2/h15H,3-12H2,1-2H3,(H,16,18). The first-order chi connectivity index (χ1) is 9.36. The van der Waals surface area contributed by atoms with Gasteiger partial charge in [-0.15, -0.1) is 5.10 Å². The Kier molecular flexibility index (Phi) is 9.06. The van der Waals surface area contributed by atoms with Crippen molar-refractivity contribution >= 4 is 6.01 Å². The molecule has 0 aromatic carbocycles. The summed E-state index contributed by atoms with van der Waals surface area (Å²) in [5, 5.41) is 14.4. The summed E-state index contributed by atoms with van der Waals surface area (Å²) in [6, 6.07) is 0.543. The number of hydrogen-bond donors (Lipinski definition) is 2. The third-order valence-electron chi connectivity index (χ3n) is 2.98. The Balaban J connectivity index is 2.03. The molecule has 0 amide bonds. The number of hydrogen-bond acceptors (Lipinski definition) is 5. The van der Waals surface area contributed by atoms with Crippen molar-refractivity contribution in [2.75, 3.05) is 18.4 Å². The highest BCUT2D eigenvalue weighted by Crippen LogP contribution is 2.07. The van der Waals surface area contributed by atoms with E-state index in [-0.39, 0.29) is 0 Å². The topological polar surface area (TPSA) is 63.0 Å². The van der Waals surface area contributed by atoms with Crippen LogP contribution in [0.15, 0.2) is 4.42 Å². The Morgan fingerprint density at radius 3 is 2.47 bits per heavy atom. The van der Waals surface area contributed by atoms with Gasteiger partial charge in [0.25, 0.3) is 0 Å². The van der Waals surface area contributed by atoms with Crippen LogP contribution in [0.25, 0.3) is 0 Å². The molecule has 0 fully saturated rings. The largest absolute Gasteiger partial charge is 0.407 e. The molecule has 1 heterocycles. The van der Waals surface area contributed by atoms with E-state index in [2.05, 4.69) is 34.7 Å². The van der Waals surface area contributed by atoms with Gasteiger partial charge in [0.2, 0.25) is 5.89 Å². The molecule has 0 aliphatic carbocycles. The second kappa shape index (κ2) is 10.8. The molecule has 110 valence electrons. The van der Waals surface area contributed by atoms with E-state index in [1.54, 1.807) is 0 Å². The first kappa shape index (κ1) is 16.0. The lowest BCUT2D eigenvalue weighted by Crippen LogP contribution is -2.13. The minimum Gasteiger partial charge on any atom is -0.407 e. The minimum atomic E-state index is 0.543. The molecule has 5 heteroatoms. The molecule has 2 N–H and O–H groups in total. The summed E-state index contributed by atoms with van der Waals surface area (Å²) >= 11 is 0. The van der Waals surface area contributed by atoms with Gasteiger partial charge in [-0.05, 0) is 19.4 Å². The Bertz CT molecular complexity index is 314. The van der Waals surface area contributed by atoms with Crippen LogP contribution in [-0.4, -0.2) is 23.3 Å². The molecule has 0 saturated carbocycles. The smallest absolute Gasteiger partial charge is 0.315 e. The lowest BCUT2D eigenvalue weighted by molar-refractivity contribution is 0.476. The van der Waals surface area contributed by atoms with Crippen LogP contribution in [0.3, 0.4) is 0 Å². The Morgan fingerprint density at radius 2 is 1.68 bits per heavy atom. The quantitative estimate of drug-likeness (QED) is 0.569. The third-order valence-corrected chi connectivity index (χ3v) is 2.98. The molecule has 0 bridgehead atoms. The summed E-state index contributed by atoms with van der Waals surface area (Å²) in [6.07, 6.45) is 8.87. The zero-order chi connectivity index (χ0) is 13.8. The van der Waals surface area contributed by atoms with Gasteiger partial charge in [0.15, 0.2) is 0 Å². The van der Waals surface area contributed by atoms with Crippen LogP contribution in [0, 0.1) is 0 Å². The highest BCUT2D eigenvalue weighted by atomic mass is 16.4. The summed E-state index contributed by atoms with van der Waals surface area (Å²) in [7, 11) is 0. The number of aromatic nitrogens is 2. The molecule has 1 rings (SSSR count). The summed E-state index contributed by atoms with van der Waals surface area (Å²) in [4.78, 5) is 0. The van der Waals surface area contributed by atoms with E-state index in [0.717, 1.165) is 25.9 Å². The normalized spacial score (nSPS) is 10.8. The highest BCUT2D eigenvalue weighted by molar-refractivity contribution is 5.16. The SMILES string of the molecule is CCCCCCCCNc1nnc(CNCCC)o1. The Hall–Kier alpha value is -1.10. The molecular weight excluding hydrogens is 240 g/mol. The van der Waals surface area contributed by atoms with Crippen LogP contribution >= 0.6 is 0 Å². The van der Waals surface area contributed by atoms with Crippen molar-refractivity contribution < 1.29 is 4.42 Å². The van der Waals surface area contributed by atoms with Crippen LogP contribution in [0.5, 0.6) is 0 Å². The average Bonchev–Trinajstić information content (AvgIpc) is 2.86. The van der Waals surface area contributed by atoms with E-state index in [0.29, 0.717) is 18.5 Å². The second-order valence-electron chi connectivity index (χ2n) is 4.87. The van der Waals surface area contributed by atoms with E-state index in [1.807, 2.05) is 0 Å². The lowest BCUT2D eigenvalue weighted by atomic mass is 10.1. The summed E-state index contributed by atoms with van der Waals surface area (Å²) < 4.78 is 5.48. The molecule has 0 aliphatic rings. The summed E-state index contributed by atoms with van der Waals surface area (Å²) in [6.45, 7) is 6.91. The molecule has 5 nitrogen and oxygen atoms in total. The van der Waals surface area contributed by atoms with E-state index in [9.17, 15) is 0 Å². The molecule has 1 aromatic rings. The first-order valence-electron chi connectivity index (χ1n) is 7.63. The number of nitrogens with one attached hydrogen (secondary N) is 2. The average molecular weight is 268 g/mol. The monoisotopic (exact) mass is 268 g/mol. The predicted molar refractivity (Wildman–Crippen MR) is 78.2 cm³/mol. The van der Waals surface area contributed by atoms with Gasteiger partial charge in [0, 0.05) is 6.54 Å². The summed E-state index contributed by atoms with van der Waals surface area (Å²) in [5.41, 5.74) is 0. The molecule has 0 atom stereocenters. The predicted octanol–water partition coefficient (Wildman–Crippen LogP) is 3.34. The first-order valence-corrected chi connectivity index (χ1v) is 7.63. The van der Waals surface area contributed by atoms with E-state index < -0.39 is 0 Å². The van der Waals surface area contributed by atoms with Crippen molar-refractivity contribution in [2.45, 2.75) is 65.3 Å². The van der Waals surface area contributed by atoms with Gasteiger partial charge in [-0.3, -0.25) is 0 Å². The molecule has 0 aliphatic heterocycles. The van der Waals surface area contributed by atoms with E-state index >= 15 is 0 Å². The maximum atomic E-state index is 5.48. The Morgan fingerprint density at radius 1 is 0.895 bits per heavy atom. The van der Waals surface area contributed by atoms with Gasteiger partial charge in [-0.1, -0.05) is 51.1 Å². The van der Waals surface area contributed by atoms with Gasteiger partial charge < -0.3 is 15.1 Å². The van der Waals surface area contributed by atoms with Gasteiger partial charge >= 0.3 is 6.01 Å². The van der Waals surface area contributed by atoms with Gasteiger partial charge in [-0.2, -0.15) is 0 Å². The fraction of sp³-hybridized carbons (Fsp3) is 0.857. The molecule has 1 aromatic heterocycles. The van der Waals surface area contributed by atoms with E-state index in [4.69, 9.17) is 4.42 Å². The van der Waals surface area contributed by atoms with Crippen molar-refractivity contribution in [2.24, 2.45) is 0 Å². The number of anilines is 1. The molecular formula is C14H28N4O. The fourth-order valence-electron chi connectivity index (χ4n) is 1.87. The van der Waals surface area contributed by atoms with Crippen molar-refractivity contribution in [3.8, 4) is 0 Å². The second-order valence-corrected chi connectivity index (χ2v) is 4.87. The van der Waals surface area contributed by atoms with Crippen LogP contribution in [-0.2, 0) is 6.54 Å². The van der Waals surface area contributed by atoms with Crippen LogP contribution < -0.4 is 10.6 Å². The van der Waals surface area contributed by atoms with Crippen molar-refractivity contribution in [3.05, 3.63) is 5.89 Å². The van der Waals surface area contributed by atoms with Crippen molar-refractivity contribution in [1.82, 2.24) is 15.5 Å². The van der Waals surface area contributed by atoms with E-state index in [1.165, 1.54) is 32.1 Å². The molecule has 0 saturated heterocycles. The van der Waals surface area contributed by atoms with Gasteiger partial charge in [0.05, 0.1) is 6.54 Å². The maximum Gasteiger partial charge on any atom is 0.315 e. The number of rotatable bonds is 12. The van der Waals surface area contributed by atoms with Gasteiger partial charge in [0.1, 0.15) is 0 Å². The van der Waals surface area contributed by atoms with Crippen molar-refractivity contribution in [3.63, 3.8) is 0 Å². The fourth-order valence-corrected chi connectivity index (χ4v) is 1.87. The van der Waals surface area contributed by atoms with Crippen LogP contribution in [0.2, 0.25) is 0 Å². The molecule has 19 heavy (non-hydrogen) atoms. The zero-order valence-corrected chi connectivity index (χ0v) is 12.4. The number of nitrogens with zero attached hydrogens (tertiary/aromatic N) is 2. The summed E-state index contributed by atoms with van der Waals surface area (Å²) in [5.74, 6) is 0.652.